The first-order valence-electron chi connectivity index (χ1n) is 18.1. The van der Waals surface area contributed by atoms with E-state index in [-0.39, 0.29) is 21.7 Å². The molecule has 1 aromatic carbocycles. The molecule has 246 valence electrons. The third-order valence-corrected chi connectivity index (χ3v) is 13.6. The first-order chi connectivity index (χ1) is 20.4. The maximum atomic E-state index is 14.1. The highest BCUT2D eigenvalue weighted by Gasteiger charge is 2.60. The predicted octanol–water partition coefficient (Wildman–Crippen LogP) is 11.9. The van der Waals surface area contributed by atoms with Crippen molar-refractivity contribution in [3.8, 4) is 5.75 Å². The van der Waals surface area contributed by atoms with Crippen molar-refractivity contribution in [1.82, 2.24) is 0 Å². The molecule has 2 nitrogen and oxygen atoms in total. The van der Waals surface area contributed by atoms with Crippen LogP contribution in [0.1, 0.15) is 157 Å². The Morgan fingerprint density at radius 2 is 1.48 bits per heavy atom. The minimum absolute atomic E-state index is 0.0463. The summed E-state index contributed by atoms with van der Waals surface area (Å²) in [6.07, 6.45) is 11.9. The standard InChI is InChI=1S/C42H66O2/c1-14-41(15-2,25-37(43)35(18-26(5)6)39(8,9)10)34-24-29-23-33(34)32-22-28(21-30(29)32)31-19-27(7)20-36(38(31)44)42(16-3,17-4)40(11,12)13/h18-20,28-30,32-34,44H,5,14-17,21-25H2,1-4,6-13H3/b35-18+. The number of allylic oxidation sites excluding steroid dienone is 3. The van der Waals surface area contributed by atoms with E-state index in [1.165, 1.54) is 42.4 Å². The van der Waals surface area contributed by atoms with Gasteiger partial charge in [-0.2, -0.15) is 0 Å². The van der Waals surface area contributed by atoms with Gasteiger partial charge in [0.15, 0.2) is 5.78 Å². The van der Waals surface area contributed by atoms with E-state index in [1.807, 2.05) is 13.0 Å². The molecule has 3 aliphatic carbocycles. The summed E-state index contributed by atoms with van der Waals surface area (Å²) in [6.45, 7) is 31.1. The lowest BCUT2D eigenvalue weighted by Crippen LogP contribution is -2.40. The van der Waals surface area contributed by atoms with E-state index in [0.717, 1.165) is 54.6 Å². The van der Waals surface area contributed by atoms with Gasteiger partial charge in [0, 0.05) is 23.0 Å². The van der Waals surface area contributed by atoms with E-state index in [0.29, 0.717) is 35.7 Å². The molecule has 3 saturated carbocycles. The maximum absolute atomic E-state index is 14.1. The van der Waals surface area contributed by atoms with Crippen LogP contribution in [0.2, 0.25) is 0 Å². The van der Waals surface area contributed by atoms with Gasteiger partial charge in [-0.25, -0.2) is 0 Å². The van der Waals surface area contributed by atoms with Crippen molar-refractivity contribution >= 4 is 5.78 Å². The Balaban J connectivity index is 1.64. The van der Waals surface area contributed by atoms with E-state index in [1.54, 1.807) is 0 Å². The molecule has 0 spiro atoms. The van der Waals surface area contributed by atoms with E-state index in [4.69, 9.17) is 0 Å². The Morgan fingerprint density at radius 1 is 0.886 bits per heavy atom. The molecule has 44 heavy (non-hydrogen) atoms. The molecule has 6 atom stereocenters. The molecule has 6 unspecified atom stereocenters. The first kappa shape index (κ1) is 35.0. The molecule has 0 amide bonds. The summed E-state index contributed by atoms with van der Waals surface area (Å²) in [4.78, 5) is 14.1. The summed E-state index contributed by atoms with van der Waals surface area (Å²) >= 11 is 0. The monoisotopic (exact) mass is 603 g/mol. The second-order valence-corrected chi connectivity index (χ2v) is 17.6. The van der Waals surface area contributed by atoms with Gasteiger partial charge in [0.2, 0.25) is 0 Å². The Hall–Kier alpha value is -1.83. The topological polar surface area (TPSA) is 37.3 Å². The van der Waals surface area contributed by atoms with E-state index < -0.39 is 0 Å². The minimum atomic E-state index is -0.184. The second kappa shape index (κ2) is 12.4. The van der Waals surface area contributed by atoms with Gasteiger partial charge < -0.3 is 5.11 Å². The number of hydrogen-bond donors (Lipinski definition) is 1. The molecule has 1 aromatic rings. The molecule has 2 heteroatoms. The summed E-state index contributed by atoms with van der Waals surface area (Å²) in [5, 5.41) is 12.0. The molecular weight excluding hydrogens is 536 g/mol. The lowest BCUT2D eigenvalue weighted by molar-refractivity contribution is -0.120. The molecule has 2 bridgehead atoms. The Labute approximate surface area is 271 Å². The van der Waals surface area contributed by atoms with Gasteiger partial charge in [0.25, 0.3) is 0 Å². The fourth-order valence-corrected chi connectivity index (χ4v) is 11.1. The van der Waals surface area contributed by atoms with Crippen LogP contribution < -0.4 is 0 Å². The van der Waals surface area contributed by atoms with Crippen LogP contribution in [0, 0.1) is 52.8 Å². The van der Waals surface area contributed by atoms with Crippen molar-refractivity contribution in [3.05, 3.63) is 52.6 Å². The van der Waals surface area contributed by atoms with E-state index >= 15 is 0 Å². The summed E-state index contributed by atoms with van der Waals surface area (Å²) in [7, 11) is 0. The van der Waals surface area contributed by atoms with Gasteiger partial charge in [-0.1, -0.05) is 105 Å². The lowest BCUT2D eigenvalue weighted by Gasteiger charge is -2.45. The molecular formula is C42H66O2. The van der Waals surface area contributed by atoms with Crippen molar-refractivity contribution in [2.45, 2.75) is 152 Å². The molecule has 0 aromatic heterocycles. The van der Waals surface area contributed by atoms with Crippen molar-refractivity contribution < 1.29 is 9.90 Å². The highest BCUT2D eigenvalue weighted by Crippen LogP contribution is 2.68. The first-order valence-corrected chi connectivity index (χ1v) is 18.1. The largest absolute Gasteiger partial charge is 0.507 e. The number of Topliss-reactive ketones (excluding diaryl/α,β-unsaturated/α-hetero) is 1. The van der Waals surface area contributed by atoms with Crippen LogP contribution in [0.5, 0.6) is 5.75 Å². The number of ketones is 1. The number of aryl methyl sites for hydroxylation is 1. The van der Waals surface area contributed by atoms with E-state index in [2.05, 4.69) is 94.9 Å². The molecule has 0 radical (unpaired) electrons. The predicted molar refractivity (Wildman–Crippen MR) is 188 cm³/mol. The average molecular weight is 603 g/mol. The van der Waals surface area contributed by atoms with Crippen LogP contribution >= 0.6 is 0 Å². The Kier molecular flexibility index (Phi) is 9.88. The normalized spacial score (nSPS) is 27.6. The molecule has 0 saturated heterocycles. The van der Waals surface area contributed by atoms with Gasteiger partial charge in [-0.15, -0.1) is 0 Å². The summed E-state index contributed by atoms with van der Waals surface area (Å²) in [5.41, 5.74) is 5.47. The third kappa shape index (κ3) is 5.90. The number of fused-ring (bicyclic) bond motifs is 5. The summed E-state index contributed by atoms with van der Waals surface area (Å²) in [6, 6.07) is 4.60. The van der Waals surface area contributed by atoms with Crippen LogP contribution in [0.3, 0.4) is 0 Å². The van der Waals surface area contributed by atoms with Gasteiger partial charge in [0.1, 0.15) is 5.75 Å². The fraction of sp³-hybridized carbons (Fsp3) is 0.738. The number of rotatable bonds is 11. The summed E-state index contributed by atoms with van der Waals surface area (Å²) < 4.78 is 0. The SMILES string of the molecule is C=C(C)/C=C(\C(=O)CC(CC)(CC)C1CC2CC1C1CC(c3cc(C)cc(C(CC)(CC)C(C)(C)C)c3O)CC21)C(C)(C)C. The molecule has 3 fully saturated rings. The zero-order valence-corrected chi connectivity index (χ0v) is 30.6. The smallest absolute Gasteiger partial charge is 0.159 e. The molecule has 3 aliphatic rings. The number of benzene rings is 1. The second-order valence-electron chi connectivity index (χ2n) is 17.6. The molecule has 0 aliphatic heterocycles. The van der Waals surface area contributed by atoms with Crippen LogP contribution in [0.25, 0.3) is 0 Å². The Morgan fingerprint density at radius 3 is 1.98 bits per heavy atom. The van der Waals surface area contributed by atoms with Crippen LogP contribution in [0.15, 0.2) is 35.9 Å². The average Bonchev–Trinajstić information content (AvgIpc) is 3.64. The zero-order valence-electron chi connectivity index (χ0n) is 30.6. The van der Waals surface area contributed by atoms with Gasteiger partial charge in [0.05, 0.1) is 0 Å². The highest BCUT2D eigenvalue weighted by molar-refractivity contribution is 5.97. The fourth-order valence-electron chi connectivity index (χ4n) is 11.1. The van der Waals surface area contributed by atoms with Crippen molar-refractivity contribution in [3.63, 3.8) is 0 Å². The van der Waals surface area contributed by atoms with Gasteiger partial charge >= 0.3 is 0 Å². The number of carbonyl (C=O) groups excluding carboxylic acids is 1. The Bertz CT molecular complexity index is 1260. The summed E-state index contributed by atoms with van der Waals surface area (Å²) in [5.74, 6) is 4.94. The highest BCUT2D eigenvalue weighted by atomic mass is 16.3. The third-order valence-electron chi connectivity index (χ3n) is 13.6. The molecule has 1 N–H and O–H groups in total. The van der Waals surface area contributed by atoms with E-state index in [9.17, 15) is 9.90 Å². The van der Waals surface area contributed by atoms with Crippen LogP contribution in [-0.4, -0.2) is 10.9 Å². The van der Waals surface area contributed by atoms with Crippen molar-refractivity contribution in [2.75, 3.05) is 0 Å². The number of phenolic OH excluding ortho intramolecular Hbond substituents is 1. The van der Waals surface area contributed by atoms with Crippen molar-refractivity contribution in [2.24, 2.45) is 45.8 Å². The lowest BCUT2D eigenvalue weighted by atomic mass is 9.59. The van der Waals surface area contributed by atoms with Gasteiger partial charge in [-0.05, 0) is 123 Å². The molecule has 4 rings (SSSR count). The number of phenols is 1. The minimum Gasteiger partial charge on any atom is -0.507 e. The number of aromatic hydroxyl groups is 1. The van der Waals surface area contributed by atoms with Crippen LogP contribution in [0.4, 0.5) is 0 Å². The zero-order chi connectivity index (χ0) is 33.0. The van der Waals surface area contributed by atoms with Crippen molar-refractivity contribution in [1.29, 1.82) is 0 Å². The molecule has 0 heterocycles. The quantitative estimate of drug-likeness (QED) is 0.202. The maximum Gasteiger partial charge on any atom is 0.159 e. The number of hydrogen-bond acceptors (Lipinski definition) is 2. The number of carbonyl (C=O) groups is 1. The van der Waals surface area contributed by atoms with Gasteiger partial charge in [-0.3, -0.25) is 4.79 Å². The van der Waals surface area contributed by atoms with Crippen LogP contribution in [-0.2, 0) is 10.2 Å².